The fourth-order valence-electron chi connectivity index (χ4n) is 1.92. The molecule has 2 aromatic rings. The summed E-state index contributed by atoms with van der Waals surface area (Å²) in [6.45, 7) is 0. The highest BCUT2D eigenvalue weighted by Crippen LogP contribution is 2.32. The van der Waals surface area contributed by atoms with E-state index >= 15 is 0 Å². The molecule has 0 radical (unpaired) electrons. The average molecular weight is 288 g/mol. The van der Waals surface area contributed by atoms with Crippen molar-refractivity contribution in [1.82, 2.24) is 4.98 Å². The molecule has 2 N–H and O–H groups in total. The molecule has 21 heavy (non-hydrogen) atoms. The van der Waals surface area contributed by atoms with Gasteiger partial charge in [0, 0.05) is 11.8 Å². The SMILES string of the molecule is COC(=O)c1ncc(-c2ccc(OC)c(OC)c2)cc1N. The van der Waals surface area contributed by atoms with Crippen LogP contribution in [0, 0.1) is 0 Å². The molecule has 1 aromatic carbocycles. The van der Waals surface area contributed by atoms with E-state index in [1.165, 1.54) is 7.11 Å². The van der Waals surface area contributed by atoms with Crippen LogP contribution in [0.15, 0.2) is 30.5 Å². The van der Waals surface area contributed by atoms with E-state index in [0.717, 1.165) is 11.1 Å². The number of benzene rings is 1. The second-order valence-corrected chi connectivity index (χ2v) is 4.22. The number of rotatable bonds is 4. The lowest BCUT2D eigenvalue weighted by atomic mass is 10.1. The van der Waals surface area contributed by atoms with Crippen molar-refractivity contribution in [1.29, 1.82) is 0 Å². The number of hydrogen-bond acceptors (Lipinski definition) is 6. The monoisotopic (exact) mass is 288 g/mol. The van der Waals surface area contributed by atoms with Crippen molar-refractivity contribution >= 4 is 11.7 Å². The predicted molar refractivity (Wildman–Crippen MR) is 78.5 cm³/mol. The summed E-state index contributed by atoms with van der Waals surface area (Å²) >= 11 is 0. The normalized spacial score (nSPS) is 10.0. The first-order valence-corrected chi connectivity index (χ1v) is 6.17. The van der Waals surface area contributed by atoms with Crippen molar-refractivity contribution in [2.24, 2.45) is 0 Å². The van der Waals surface area contributed by atoms with E-state index in [2.05, 4.69) is 9.72 Å². The van der Waals surface area contributed by atoms with Crippen molar-refractivity contribution < 1.29 is 19.0 Å². The second-order valence-electron chi connectivity index (χ2n) is 4.22. The van der Waals surface area contributed by atoms with Gasteiger partial charge in [0.1, 0.15) is 0 Å². The van der Waals surface area contributed by atoms with Crippen LogP contribution >= 0.6 is 0 Å². The number of carbonyl (C=O) groups is 1. The zero-order chi connectivity index (χ0) is 15.4. The van der Waals surface area contributed by atoms with Gasteiger partial charge < -0.3 is 19.9 Å². The Morgan fingerprint density at radius 1 is 1.05 bits per heavy atom. The first-order chi connectivity index (χ1) is 10.1. The Labute approximate surface area is 122 Å². The van der Waals surface area contributed by atoms with E-state index in [9.17, 15) is 4.79 Å². The summed E-state index contributed by atoms with van der Waals surface area (Å²) in [4.78, 5) is 15.5. The van der Waals surface area contributed by atoms with Gasteiger partial charge in [-0.25, -0.2) is 9.78 Å². The highest BCUT2D eigenvalue weighted by atomic mass is 16.5. The summed E-state index contributed by atoms with van der Waals surface area (Å²) in [6, 6.07) is 7.13. The number of nitrogen functional groups attached to an aromatic ring is 1. The zero-order valence-corrected chi connectivity index (χ0v) is 12.0. The van der Waals surface area contributed by atoms with Crippen LogP contribution in [0.4, 0.5) is 5.69 Å². The van der Waals surface area contributed by atoms with E-state index in [-0.39, 0.29) is 11.4 Å². The van der Waals surface area contributed by atoms with Crippen LogP contribution in [0.2, 0.25) is 0 Å². The summed E-state index contributed by atoms with van der Waals surface area (Å²) in [5.41, 5.74) is 7.81. The van der Waals surface area contributed by atoms with E-state index < -0.39 is 5.97 Å². The first-order valence-electron chi connectivity index (χ1n) is 6.17. The van der Waals surface area contributed by atoms with Crippen molar-refractivity contribution in [3.63, 3.8) is 0 Å². The maximum absolute atomic E-state index is 11.5. The van der Waals surface area contributed by atoms with Gasteiger partial charge in [0.2, 0.25) is 0 Å². The van der Waals surface area contributed by atoms with Crippen molar-refractivity contribution in [3.8, 4) is 22.6 Å². The largest absolute Gasteiger partial charge is 0.493 e. The fourth-order valence-corrected chi connectivity index (χ4v) is 1.92. The molecule has 110 valence electrons. The lowest BCUT2D eigenvalue weighted by Gasteiger charge is -2.10. The molecule has 0 fully saturated rings. The molecule has 0 aliphatic heterocycles. The molecule has 0 saturated carbocycles. The van der Waals surface area contributed by atoms with Crippen molar-refractivity contribution in [3.05, 3.63) is 36.2 Å². The Morgan fingerprint density at radius 2 is 1.76 bits per heavy atom. The second kappa shape index (κ2) is 6.13. The molecule has 6 heteroatoms. The zero-order valence-electron chi connectivity index (χ0n) is 12.0. The topological polar surface area (TPSA) is 83.7 Å². The van der Waals surface area contributed by atoms with Crippen LogP contribution in [0.1, 0.15) is 10.5 Å². The maximum atomic E-state index is 11.5. The van der Waals surface area contributed by atoms with E-state index in [1.54, 1.807) is 32.5 Å². The molecule has 0 saturated heterocycles. The van der Waals surface area contributed by atoms with Gasteiger partial charge in [-0.15, -0.1) is 0 Å². The van der Waals surface area contributed by atoms with E-state index in [1.807, 2.05) is 12.1 Å². The summed E-state index contributed by atoms with van der Waals surface area (Å²) in [5, 5.41) is 0. The number of methoxy groups -OCH3 is 3. The Kier molecular flexibility index (Phi) is 4.27. The number of ether oxygens (including phenoxy) is 3. The maximum Gasteiger partial charge on any atom is 0.358 e. The van der Waals surface area contributed by atoms with Crippen LogP contribution in [-0.2, 0) is 4.74 Å². The first kappa shape index (κ1) is 14.6. The highest BCUT2D eigenvalue weighted by molar-refractivity contribution is 5.93. The third-order valence-electron chi connectivity index (χ3n) is 3.01. The molecule has 0 aliphatic rings. The smallest absolute Gasteiger partial charge is 0.358 e. The predicted octanol–water partition coefficient (Wildman–Crippen LogP) is 2.13. The number of esters is 1. The molecule has 0 spiro atoms. The minimum Gasteiger partial charge on any atom is -0.493 e. The minimum atomic E-state index is -0.564. The number of nitrogens with two attached hydrogens (primary N) is 1. The summed E-state index contributed by atoms with van der Waals surface area (Å²) in [6.07, 6.45) is 1.56. The third-order valence-corrected chi connectivity index (χ3v) is 3.01. The third kappa shape index (κ3) is 2.89. The van der Waals surface area contributed by atoms with Crippen molar-refractivity contribution in [2.45, 2.75) is 0 Å². The summed E-state index contributed by atoms with van der Waals surface area (Å²) in [7, 11) is 4.42. The van der Waals surface area contributed by atoms with Gasteiger partial charge >= 0.3 is 5.97 Å². The molecule has 2 rings (SSSR count). The Balaban J connectivity index is 2.43. The molecule has 0 aliphatic carbocycles. The lowest BCUT2D eigenvalue weighted by molar-refractivity contribution is 0.0595. The van der Waals surface area contributed by atoms with Crippen LogP contribution in [0.5, 0.6) is 11.5 Å². The van der Waals surface area contributed by atoms with Gasteiger partial charge in [-0.1, -0.05) is 6.07 Å². The van der Waals surface area contributed by atoms with Gasteiger partial charge in [0.15, 0.2) is 17.2 Å². The van der Waals surface area contributed by atoms with E-state index in [0.29, 0.717) is 11.5 Å². The van der Waals surface area contributed by atoms with Gasteiger partial charge in [-0.2, -0.15) is 0 Å². The number of pyridine rings is 1. The number of hydrogen-bond donors (Lipinski definition) is 1. The summed E-state index contributed by atoms with van der Waals surface area (Å²) < 4.78 is 15.1. The lowest BCUT2D eigenvalue weighted by Crippen LogP contribution is -2.08. The van der Waals surface area contributed by atoms with Crippen molar-refractivity contribution in [2.75, 3.05) is 27.1 Å². The quantitative estimate of drug-likeness (QED) is 0.868. The minimum absolute atomic E-state index is 0.0988. The molecule has 0 unspecified atom stereocenters. The molecular formula is C15H16N2O4. The number of nitrogens with zero attached hydrogens (tertiary/aromatic N) is 1. The average Bonchev–Trinajstić information content (AvgIpc) is 2.53. The standard InChI is InChI=1S/C15H16N2O4/c1-19-12-5-4-9(7-13(12)20-2)10-6-11(16)14(17-8-10)15(18)21-3/h4-8H,16H2,1-3H3. The highest BCUT2D eigenvalue weighted by Gasteiger charge is 2.13. The van der Waals surface area contributed by atoms with Crippen LogP contribution < -0.4 is 15.2 Å². The molecule has 6 nitrogen and oxygen atoms in total. The van der Waals surface area contributed by atoms with Crippen LogP contribution in [0.25, 0.3) is 11.1 Å². The molecule has 0 bridgehead atoms. The van der Waals surface area contributed by atoms with Gasteiger partial charge in [0.25, 0.3) is 0 Å². The van der Waals surface area contributed by atoms with Crippen LogP contribution in [-0.4, -0.2) is 32.3 Å². The van der Waals surface area contributed by atoms with Gasteiger partial charge in [-0.05, 0) is 23.8 Å². The van der Waals surface area contributed by atoms with Gasteiger partial charge in [-0.3, -0.25) is 0 Å². The van der Waals surface area contributed by atoms with Gasteiger partial charge in [0.05, 0.1) is 27.0 Å². The number of anilines is 1. The molecule has 1 aromatic heterocycles. The number of carbonyl (C=O) groups excluding carboxylic acids is 1. The Bertz CT molecular complexity index is 671. The van der Waals surface area contributed by atoms with Crippen LogP contribution in [0.3, 0.4) is 0 Å². The molecule has 1 heterocycles. The summed E-state index contributed by atoms with van der Waals surface area (Å²) in [5.74, 6) is 0.672. The fraction of sp³-hybridized carbons (Fsp3) is 0.200. The Hall–Kier alpha value is -2.76. The Morgan fingerprint density at radius 3 is 2.33 bits per heavy atom. The van der Waals surface area contributed by atoms with E-state index in [4.69, 9.17) is 15.2 Å². The molecular weight excluding hydrogens is 272 g/mol. The molecule has 0 amide bonds. The number of aromatic nitrogens is 1. The molecule has 0 atom stereocenters.